The van der Waals surface area contributed by atoms with Crippen LogP contribution < -0.4 is 5.32 Å². The normalized spacial score (nSPS) is 20.2. The predicted octanol–water partition coefficient (Wildman–Crippen LogP) is 2.28. The van der Waals surface area contributed by atoms with E-state index in [0.29, 0.717) is 0 Å². The third-order valence-corrected chi connectivity index (χ3v) is 3.66. The summed E-state index contributed by atoms with van der Waals surface area (Å²) in [6, 6.07) is 2.02. The molecule has 0 aliphatic carbocycles. The molecule has 1 aromatic heterocycles. The number of aryl methyl sites for hydroxylation is 1. The Bertz CT molecular complexity index is 367. The molecule has 1 aromatic rings. The molecule has 1 aliphatic rings. The van der Waals surface area contributed by atoms with Crippen LogP contribution in [0.3, 0.4) is 0 Å². The Morgan fingerprint density at radius 1 is 1.53 bits per heavy atom. The summed E-state index contributed by atoms with van der Waals surface area (Å²) in [5, 5.41) is 3.09. The van der Waals surface area contributed by atoms with E-state index >= 15 is 0 Å². The van der Waals surface area contributed by atoms with Gasteiger partial charge < -0.3 is 10.1 Å². The van der Waals surface area contributed by atoms with Crippen LogP contribution in [0.2, 0.25) is 0 Å². The quantitative estimate of drug-likeness (QED) is 0.892. The number of thioether (sulfide) groups is 1. The number of nitrogens with one attached hydrogen (secondary N) is 1. The van der Waals surface area contributed by atoms with Gasteiger partial charge in [-0.25, -0.2) is 9.97 Å². The minimum absolute atomic E-state index is 0.0534. The zero-order valence-electron chi connectivity index (χ0n) is 10.4. The van der Waals surface area contributed by atoms with E-state index in [2.05, 4.69) is 22.2 Å². The molecule has 0 saturated carbocycles. The minimum Gasteiger partial charge on any atom is -0.373 e. The number of hydrogen-bond acceptors (Lipinski definition) is 5. The van der Waals surface area contributed by atoms with Gasteiger partial charge in [-0.2, -0.15) is 11.8 Å². The summed E-state index contributed by atoms with van der Waals surface area (Å²) in [6.45, 7) is 2.96. The van der Waals surface area contributed by atoms with Crippen molar-refractivity contribution in [3.63, 3.8) is 0 Å². The molecule has 1 saturated heterocycles. The first-order chi connectivity index (χ1) is 8.33. The van der Waals surface area contributed by atoms with Gasteiger partial charge in [-0.05, 0) is 6.42 Å². The van der Waals surface area contributed by atoms with Crippen molar-refractivity contribution in [2.45, 2.75) is 25.9 Å². The number of aromatic nitrogens is 2. The van der Waals surface area contributed by atoms with E-state index in [1.54, 1.807) is 0 Å². The van der Waals surface area contributed by atoms with Crippen molar-refractivity contribution in [2.75, 3.05) is 30.5 Å². The summed E-state index contributed by atoms with van der Waals surface area (Å²) in [4.78, 5) is 9.10. The van der Waals surface area contributed by atoms with Gasteiger partial charge in [-0.3, -0.25) is 0 Å². The van der Waals surface area contributed by atoms with Crippen LogP contribution in [-0.4, -0.2) is 35.1 Å². The van der Waals surface area contributed by atoms with Gasteiger partial charge in [-0.15, -0.1) is 0 Å². The summed E-state index contributed by atoms with van der Waals surface area (Å²) >= 11 is 1.91. The highest BCUT2D eigenvalue weighted by atomic mass is 32.2. The van der Waals surface area contributed by atoms with Crippen molar-refractivity contribution in [1.29, 1.82) is 0 Å². The van der Waals surface area contributed by atoms with E-state index in [9.17, 15) is 0 Å². The first-order valence-electron chi connectivity index (χ1n) is 6.08. The maximum atomic E-state index is 5.72. The van der Waals surface area contributed by atoms with Crippen molar-refractivity contribution < 1.29 is 4.74 Å². The van der Waals surface area contributed by atoms with Gasteiger partial charge in [0.15, 0.2) is 5.82 Å². The zero-order chi connectivity index (χ0) is 12.1. The number of anilines is 1. The van der Waals surface area contributed by atoms with Gasteiger partial charge in [0, 0.05) is 30.3 Å². The second kappa shape index (κ2) is 6.21. The first-order valence-corrected chi connectivity index (χ1v) is 7.24. The average molecular weight is 253 g/mol. The summed E-state index contributed by atoms with van der Waals surface area (Å²) in [5.74, 6) is 3.74. The SMILES string of the molecule is CCCc1cc(NC)nc(C2CSCCO2)n1. The molecule has 1 aliphatic heterocycles. The first kappa shape index (κ1) is 12.6. The molecule has 4 nitrogen and oxygen atoms in total. The van der Waals surface area contributed by atoms with E-state index in [1.807, 2.05) is 24.9 Å². The van der Waals surface area contributed by atoms with Crippen LogP contribution in [0.1, 0.15) is 31.0 Å². The topological polar surface area (TPSA) is 47.0 Å². The van der Waals surface area contributed by atoms with Crippen LogP contribution in [0.15, 0.2) is 6.07 Å². The molecular weight excluding hydrogens is 234 g/mol. The van der Waals surface area contributed by atoms with E-state index in [4.69, 9.17) is 4.74 Å². The molecule has 17 heavy (non-hydrogen) atoms. The van der Waals surface area contributed by atoms with Gasteiger partial charge in [-0.1, -0.05) is 13.3 Å². The Balaban J connectivity index is 2.21. The fourth-order valence-electron chi connectivity index (χ4n) is 1.81. The molecule has 0 spiro atoms. The van der Waals surface area contributed by atoms with E-state index in [1.165, 1.54) is 0 Å². The number of hydrogen-bond donors (Lipinski definition) is 1. The minimum atomic E-state index is 0.0534. The predicted molar refractivity (Wildman–Crippen MR) is 71.6 cm³/mol. The molecule has 2 heterocycles. The van der Waals surface area contributed by atoms with Crippen LogP contribution in [0.25, 0.3) is 0 Å². The maximum absolute atomic E-state index is 5.72. The summed E-state index contributed by atoms with van der Waals surface area (Å²) < 4.78 is 5.72. The van der Waals surface area contributed by atoms with E-state index in [-0.39, 0.29) is 6.10 Å². The molecule has 94 valence electrons. The molecule has 1 unspecified atom stereocenters. The van der Waals surface area contributed by atoms with Crippen molar-refractivity contribution in [1.82, 2.24) is 9.97 Å². The van der Waals surface area contributed by atoms with Crippen molar-refractivity contribution in [3.8, 4) is 0 Å². The number of rotatable bonds is 4. The highest BCUT2D eigenvalue weighted by molar-refractivity contribution is 7.99. The second-order valence-electron chi connectivity index (χ2n) is 4.04. The van der Waals surface area contributed by atoms with Crippen LogP contribution in [-0.2, 0) is 11.2 Å². The molecule has 1 N–H and O–H groups in total. The second-order valence-corrected chi connectivity index (χ2v) is 5.19. The Kier molecular flexibility index (Phi) is 4.62. The smallest absolute Gasteiger partial charge is 0.160 e. The molecule has 0 radical (unpaired) electrons. The van der Waals surface area contributed by atoms with Crippen LogP contribution in [0.5, 0.6) is 0 Å². The standard InChI is InChI=1S/C12H19N3OS/c1-3-4-9-7-11(13-2)15-12(14-9)10-8-17-6-5-16-10/h7,10H,3-6,8H2,1-2H3,(H,13,14,15). The zero-order valence-corrected chi connectivity index (χ0v) is 11.2. The van der Waals surface area contributed by atoms with E-state index in [0.717, 1.165) is 48.3 Å². The largest absolute Gasteiger partial charge is 0.373 e. The maximum Gasteiger partial charge on any atom is 0.160 e. The molecular formula is C12H19N3OS. The Morgan fingerprint density at radius 3 is 3.06 bits per heavy atom. The Hall–Kier alpha value is -0.810. The van der Waals surface area contributed by atoms with Gasteiger partial charge in [0.25, 0.3) is 0 Å². The molecule has 0 aromatic carbocycles. The lowest BCUT2D eigenvalue weighted by Crippen LogP contribution is -2.19. The monoisotopic (exact) mass is 253 g/mol. The van der Waals surface area contributed by atoms with Gasteiger partial charge >= 0.3 is 0 Å². The lowest BCUT2D eigenvalue weighted by atomic mass is 10.2. The van der Waals surface area contributed by atoms with Gasteiger partial charge in [0.1, 0.15) is 11.9 Å². The molecule has 0 bridgehead atoms. The van der Waals surface area contributed by atoms with Crippen LogP contribution in [0, 0.1) is 0 Å². The third-order valence-electron chi connectivity index (χ3n) is 2.66. The van der Waals surface area contributed by atoms with Crippen LogP contribution >= 0.6 is 11.8 Å². The van der Waals surface area contributed by atoms with Crippen LogP contribution in [0.4, 0.5) is 5.82 Å². The molecule has 1 atom stereocenters. The molecule has 1 fully saturated rings. The third kappa shape index (κ3) is 3.33. The highest BCUT2D eigenvalue weighted by Gasteiger charge is 2.20. The summed E-state index contributed by atoms with van der Waals surface area (Å²) in [6.07, 6.45) is 2.14. The van der Waals surface area contributed by atoms with Crippen molar-refractivity contribution >= 4 is 17.6 Å². The van der Waals surface area contributed by atoms with Crippen molar-refractivity contribution in [3.05, 3.63) is 17.6 Å². The Labute approximate surface area is 107 Å². The van der Waals surface area contributed by atoms with Gasteiger partial charge in [0.05, 0.1) is 6.61 Å². The van der Waals surface area contributed by atoms with E-state index < -0.39 is 0 Å². The summed E-state index contributed by atoms with van der Waals surface area (Å²) in [5.41, 5.74) is 1.10. The molecule has 0 amide bonds. The average Bonchev–Trinajstić information content (AvgIpc) is 2.40. The fraction of sp³-hybridized carbons (Fsp3) is 0.667. The lowest BCUT2D eigenvalue weighted by molar-refractivity contribution is 0.0693. The number of ether oxygens (including phenoxy) is 1. The fourth-order valence-corrected chi connectivity index (χ4v) is 2.65. The Morgan fingerprint density at radius 2 is 2.41 bits per heavy atom. The lowest BCUT2D eigenvalue weighted by Gasteiger charge is -2.21. The van der Waals surface area contributed by atoms with Crippen molar-refractivity contribution in [2.24, 2.45) is 0 Å². The molecule has 2 rings (SSSR count). The number of nitrogens with zero attached hydrogens (tertiary/aromatic N) is 2. The van der Waals surface area contributed by atoms with Gasteiger partial charge in [0.2, 0.25) is 0 Å². The summed E-state index contributed by atoms with van der Waals surface area (Å²) in [7, 11) is 1.89. The highest BCUT2D eigenvalue weighted by Crippen LogP contribution is 2.25. The molecule has 5 heteroatoms.